The van der Waals surface area contributed by atoms with Crippen LogP contribution in [0.15, 0.2) is 24.3 Å². The molecule has 1 fully saturated rings. The summed E-state index contributed by atoms with van der Waals surface area (Å²) in [4.78, 5) is 0. The van der Waals surface area contributed by atoms with E-state index in [4.69, 9.17) is 4.74 Å². The van der Waals surface area contributed by atoms with Gasteiger partial charge in [-0.25, -0.2) is 13.1 Å². The van der Waals surface area contributed by atoms with Gasteiger partial charge in [-0.15, -0.1) is 0 Å². The van der Waals surface area contributed by atoms with Crippen molar-refractivity contribution in [1.29, 1.82) is 0 Å². The first-order valence-corrected chi connectivity index (χ1v) is 9.05. The van der Waals surface area contributed by atoms with E-state index in [0.717, 1.165) is 37.2 Å². The number of benzene rings is 1. The van der Waals surface area contributed by atoms with Crippen LogP contribution < -0.4 is 14.8 Å². The molecule has 0 aliphatic carbocycles. The van der Waals surface area contributed by atoms with Crippen LogP contribution in [0.1, 0.15) is 18.4 Å². The molecule has 21 heavy (non-hydrogen) atoms. The van der Waals surface area contributed by atoms with E-state index in [0.29, 0.717) is 13.0 Å². The molecule has 1 aliphatic rings. The van der Waals surface area contributed by atoms with E-state index >= 15 is 0 Å². The monoisotopic (exact) mass is 312 g/mol. The van der Waals surface area contributed by atoms with E-state index in [1.807, 2.05) is 24.3 Å². The molecular formula is C15H24N2O3S. The molecule has 0 amide bonds. The summed E-state index contributed by atoms with van der Waals surface area (Å²) in [6.45, 7) is 2.27. The predicted octanol–water partition coefficient (Wildman–Crippen LogP) is 1.16. The van der Waals surface area contributed by atoms with Crippen LogP contribution in [-0.4, -0.2) is 40.9 Å². The van der Waals surface area contributed by atoms with Crippen molar-refractivity contribution in [2.75, 3.05) is 32.5 Å². The molecule has 2 N–H and O–H groups in total. The quantitative estimate of drug-likeness (QED) is 0.793. The van der Waals surface area contributed by atoms with Crippen molar-refractivity contribution >= 4 is 10.0 Å². The maximum atomic E-state index is 12.1. The van der Waals surface area contributed by atoms with E-state index in [2.05, 4.69) is 10.0 Å². The van der Waals surface area contributed by atoms with Crippen LogP contribution in [0, 0.1) is 5.92 Å². The fourth-order valence-electron chi connectivity index (χ4n) is 2.60. The molecule has 2 rings (SSSR count). The summed E-state index contributed by atoms with van der Waals surface area (Å²) in [5, 5.41) is 3.25. The number of ether oxygens (including phenoxy) is 1. The third kappa shape index (κ3) is 5.65. The zero-order valence-electron chi connectivity index (χ0n) is 12.5. The van der Waals surface area contributed by atoms with Crippen LogP contribution in [0.3, 0.4) is 0 Å². The van der Waals surface area contributed by atoms with E-state index in [1.165, 1.54) is 0 Å². The lowest BCUT2D eigenvalue weighted by Gasteiger charge is -2.22. The maximum absolute atomic E-state index is 12.1. The van der Waals surface area contributed by atoms with Crippen molar-refractivity contribution in [1.82, 2.24) is 10.0 Å². The Kier molecular flexibility index (Phi) is 6.02. The Bertz CT molecular complexity index is 540. The maximum Gasteiger partial charge on any atom is 0.211 e. The van der Waals surface area contributed by atoms with Gasteiger partial charge in [0.1, 0.15) is 5.75 Å². The lowest BCUT2D eigenvalue weighted by Crippen LogP contribution is -2.36. The van der Waals surface area contributed by atoms with Gasteiger partial charge >= 0.3 is 0 Å². The first-order chi connectivity index (χ1) is 10.1. The number of rotatable bonds is 7. The molecule has 0 bridgehead atoms. The zero-order chi connectivity index (χ0) is 15.1. The van der Waals surface area contributed by atoms with Gasteiger partial charge in [0.2, 0.25) is 10.0 Å². The highest BCUT2D eigenvalue weighted by Crippen LogP contribution is 2.14. The van der Waals surface area contributed by atoms with Crippen molar-refractivity contribution in [3.8, 4) is 5.75 Å². The molecule has 6 heteroatoms. The van der Waals surface area contributed by atoms with Crippen molar-refractivity contribution in [2.24, 2.45) is 5.92 Å². The van der Waals surface area contributed by atoms with Crippen LogP contribution in [-0.2, 0) is 16.4 Å². The number of sulfonamides is 1. The molecule has 1 saturated heterocycles. The molecule has 1 aliphatic heterocycles. The minimum atomic E-state index is -3.18. The Balaban J connectivity index is 1.78. The van der Waals surface area contributed by atoms with Gasteiger partial charge in [0.15, 0.2) is 0 Å². The Hall–Kier alpha value is -1.11. The molecule has 1 heterocycles. The molecular weight excluding hydrogens is 288 g/mol. The fourth-order valence-corrected chi connectivity index (χ4v) is 4.08. The Labute approximate surface area is 127 Å². The molecule has 0 radical (unpaired) electrons. The Morgan fingerprint density at radius 2 is 2.10 bits per heavy atom. The number of hydrogen-bond acceptors (Lipinski definition) is 4. The van der Waals surface area contributed by atoms with Gasteiger partial charge in [0, 0.05) is 6.54 Å². The topological polar surface area (TPSA) is 67.4 Å². The lowest BCUT2D eigenvalue weighted by molar-refractivity contribution is 0.400. The van der Waals surface area contributed by atoms with Crippen LogP contribution in [0.4, 0.5) is 0 Å². The highest BCUT2D eigenvalue weighted by atomic mass is 32.2. The number of methoxy groups -OCH3 is 1. The van der Waals surface area contributed by atoms with E-state index in [-0.39, 0.29) is 11.7 Å². The van der Waals surface area contributed by atoms with Gasteiger partial charge in [-0.3, -0.25) is 0 Å². The summed E-state index contributed by atoms with van der Waals surface area (Å²) in [5.41, 5.74) is 1.07. The number of hydrogen-bond donors (Lipinski definition) is 2. The van der Waals surface area contributed by atoms with Crippen molar-refractivity contribution in [3.05, 3.63) is 29.8 Å². The van der Waals surface area contributed by atoms with Gasteiger partial charge in [0.25, 0.3) is 0 Å². The molecule has 118 valence electrons. The average Bonchev–Trinajstić information content (AvgIpc) is 2.48. The van der Waals surface area contributed by atoms with Crippen LogP contribution >= 0.6 is 0 Å². The van der Waals surface area contributed by atoms with E-state index in [1.54, 1.807) is 7.11 Å². The molecule has 5 nitrogen and oxygen atoms in total. The Morgan fingerprint density at radius 1 is 1.33 bits per heavy atom. The molecule has 0 aromatic heterocycles. The standard InChI is InChI=1S/C15H24N2O3S/c1-20-15-4-2-3-13(11-15)7-10-17-21(18,19)12-14-5-8-16-9-6-14/h2-4,11,14,16-17H,5-10,12H2,1H3. The molecule has 0 saturated carbocycles. The first-order valence-electron chi connectivity index (χ1n) is 7.40. The highest BCUT2D eigenvalue weighted by molar-refractivity contribution is 7.89. The van der Waals surface area contributed by atoms with Crippen LogP contribution in [0.25, 0.3) is 0 Å². The minimum Gasteiger partial charge on any atom is -0.497 e. The third-order valence-electron chi connectivity index (χ3n) is 3.78. The summed E-state index contributed by atoms with van der Waals surface area (Å²) < 4.78 is 32.0. The van der Waals surface area contributed by atoms with Gasteiger partial charge in [-0.05, 0) is 56.0 Å². The molecule has 0 spiro atoms. The predicted molar refractivity (Wildman–Crippen MR) is 84.1 cm³/mol. The minimum absolute atomic E-state index is 0.243. The molecule has 0 atom stereocenters. The lowest BCUT2D eigenvalue weighted by atomic mass is 10.0. The summed E-state index contributed by atoms with van der Waals surface area (Å²) in [6, 6.07) is 7.70. The summed E-state index contributed by atoms with van der Waals surface area (Å²) in [5.74, 6) is 1.32. The average molecular weight is 312 g/mol. The first kappa shape index (κ1) is 16.3. The molecule has 1 aromatic rings. The van der Waals surface area contributed by atoms with Crippen molar-refractivity contribution < 1.29 is 13.2 Å². The highest BCUT2D eigenvalue weighted by Gasteiger charge is 2.20. The van der Waals surface area contributed by atoms with Crippen LogP contribution in [0.5, 0.6) is 5.75 Å². The largest absolute Gasteiger partial charge is 0.497 e. The fraction of sp³-hybridized carbons (Fsp3) is 0.600. The van der Waals surface area contributed by atoms with Crippen molar-refractivity contribution in [2.45, 2.75) is 19.3 Å². The third-order valence-corrected chi connectivity index (χ3v) is 5.34. The van der Waals surface area contributed by atoms with Crippen molar-refractivity contribution in [3.63, 3.8) is 0 Å². The van der Waals surface area contributed by atoms with Crippen LogP contribution in [0.2, 0.25) is 0 Å². The molecule has 0 unspecified atom stereocenters. The zero-order valence-corrected chi connectivity index (χ0v) is 13.3. The molecule has 1 aromatic carbocycles. The Morgan fingerprint density at radius 3 is 2.81 bits per heavy atom. The second-order valence-corrected chi connectivity index (χ2v) is 7.32. The van der Waals surface area contributed by atoms with Gasteiger partial charge in [-0.1, -0.05) is 12.1 Å². The summed E-state index contributed by atoms with van der Waals surface area (Å²) in [6.07, 6.45) is 2.55. The summed E-state index contributed by atoms with van der Waals surface area (Å²) >= 11 is 0. The number of piperidine rings is 1. The van der Waals surface area contributed by atoms with Gasteiger partial charge in [0.05, 0.1) is 12.9 Å². The van der Waals surface area contributed by atoms with E-state index < -0.39 is 10.0 Å². The van der Waals surface area contributed by atoms with Gasteiger partial charge in [-0.2, -0.15) is 0 Å². The normalized spacial score (nSPS) is 16.8. The number of nitrogens with one attached hydrogen (secondary N) is 2. The smallest absolute Gasteiger partial charge is 0.211 e. The SMILES string of the molecule is COc1cccc(CCNS(=O)(=O)CC2CCNCC2)c1. The van der Waals surface area contributed by atoms with E-state index in [9.17, 15) is 8.42 Å². The summed E-state index contributed by atoms with van der Waals surface area (Å²) in [7, 11) is -1.55. The van der Waals surface area contributed by atoms with Gasteiger partial charge < -0.3 is 10.1 Å². The second-order valence-electron chi connectivity index (χ2n) is 5.47. The second kappa shape index (κ2) is 7.77.